The second-order valence-corrected chi connectivity index (χ2v) is 5.87. The monoisotopic (exact) mass is 349 g/mol. The Morgan fingerprint density at radius 1 is 1.04 bits per heavy atom. The van der Waals surface area contributed by atoms with Crippen molar-refractivity contribution in [2.75, 3.05) is 12.4 Å². The van der Waals surface area contributed by atoms with Gasteiger partial charge in [-0.2, -0.15) is 5.10 Å². The fraction of sp³-hybridized carbons (Fsp3) is 0.150. The number of carbonyl (C=O) groups excluding carboxylic acids is 2. The summed E-state index contributed by atoms with van der Waals surface area (Å²) in [5, 5.41) is 7.18. The molecule has 26 heavy (non-hydrogen) atoms. The van der Waals surface area contributed by atoms with Crippen molar-refractivity contribution < 1.29 is 14.3 Å². The van der Waals surface area contributed by atoms with Crippen LogP contribution in [-0.4, -0.2) is 28.6 Å². The highest BCUT2D eigenvalue weighted by Gasteiger charge is 2.14. The Balaban J connectivity index is 1.78. The van der Waals surface area contributed by atoms with E-state index in [-0.39, 0.29) is 11.7 Å². The van der Waals surface area contributed by atoms with Crippen molar-refractivity contribution in [3.63, 3.8) is 0 Å². The molecular weight excluding hydrogens is 330 g/mol. The summed E-state index contributed by atoms with van der Waals surface area (Å²) in [6.45, 7) is 3.39. The van der Waals surface area contributed by atoms with Crippen molar-refractivity contribution in [1.29, 1.82) is 0 Å². The lowest BCUT2D eigenvalue weighted by atomic mass is 10.1. The third-order valence-corrected chi connectivity index (χ3v) is 3.99. The van der Waals surface area contributed by atoms with Gasteiger partial charge in [0.2, 0.25) is 0 Å². The summed E-state index contributed by atoms with van der Waals surface area (Å²) in [6, 6.07) is 15.9. The van der Waals surface area contributed by atoms with Gasteiger partial charge >= 0.3 is 0 Å². The van der Waals surface area contributed by atoms with Gasteiger partial charge in [0.25, 0.3) is 5.91 Å². The molecule has 1 aromatic heterocycles. The maximum Gasteiger partial charge on any atom is 0.276 e. The second-order valence-electron chi connectivity index (χ2n) is 5.87. The van der Waals surface area contributed by atoms with E-state index in [1.54, 1.807) is 42.1 Å². The van der Waals surface area contributed by atoms with E-state index in [1.165, 1.54) is 6.92 Å². The van der Waals surface area contributed by atoms with E-state index >= 15 is 0 Å². The van der Waals surface area contributed by atoms with Gasteiger partial charge in [-0.05, 0) is 68.4 Å². The van der Waals surface area contributed by atoms with Crippen molar-refractivity contribution >= 4 is 17.4 Å². The van der Waals surface area contributed by atoms with Gasteiger partial charge in [0.15, 0.2) is 11.5 Å². The minimum atomic E-state index is -0.309. The standard InChI is InChI=1S/C20H19N3O3/c1-13-12-19(22-23(13)17-8-10-18(26-3)11-9-17)20(25)21-16-6-4-15(5-7-16)14(2)24/h4-12H,1-3H3,(H,21,25). The van der Waals surface area contributed by atoms with E-state index in [1.807, 2.05) is 31.2 Å². The highest BCUT2D eigenvalue weighted by Crippen LogP contribution is 2.18. The number of methoxy groups -OCH3 is 1. The maximum absolute atomic E-state index is 12.5. The molecule has 3 rings (SSSR count). The number of hydrogen-bond donors (Lipinski definition) is 1. The zero-order chi connectivity index (χ0) is 18.7. The molecule has 0 aliphatic rings. The molecule has 6 heteroatoms. The third kappa shape index (κ3) is 3.64. The van der Waals surface area contributed by atoms with Crippen LogP contribution in [0.1, 0.15) is 33.5 Å². The first-order chi connectivity index (χ1) is 12.5. The van der Waals surface area contributed by atoms with Crippen molar-refractivity contribution in [3.05, 3.63) is 71.5 Å². The number of carbonyl (C=O) groups is 2. The number of ether oxygens (including phenoxy) is 1. The van der Waals surface area contributed by atoms with Crippen LogP contribution in [0.4, 0.5) is 5.69 Å². The molecule has 6 nitrogen and oxygen atoms in total. The van der Waals surface area contributed by atoms with Crippen molar-refractivity contribution in [3.8, 4) is 11.4 Å². The Bertz CT molecular complexity index is 941. The lowest BCUT2D eigenvalue weighted by molar-refractivity contribution is 0.101. The van der Waals surface area contributed by atoms with Crippen LogP contribution in [0, 0.1) is 6.92 Å². The number of ketones is 1. The molecule has 132 valence electrons. The number of amides is 1. The van der Waals surface area contributed by atoms with Crippen LogP contribution < -0.4 is 10.1 Å². The van der Waals surface area contributed by atoms with Gasteiger partial charge in [-0.1, -0.05) is 0 Å². The largest absolute Gasteiger partial charge is 0.497 e. The Hall–Kier alpha value is -3.41. The molecule has 0 saturated carbocycles. The molecule has 2 aromatic carbocycles. The molecular formula is C20H19N3O3. The van der Waals surface area contributed by atoms with Crippen molar-refractivity contribution in [2.24, 2.45) is 0 Å². The van der Waals surface area contributed by atoms with Gasteiger partial charge in [0, 0.05) is 16.9 Å². The van der Waals surface area contributed by atoms with Crippen molar-refractivity contribution in [2.45, 2.75) is 13.8 Å². The van der Waals surface area contributed by atoms with E-state index in [9.17, 15) is 9.59 Å². The predicted octanol–water partition coefficient (Wildman–Crippen LogP) is 3.64. The number of aromatic nitrogens is 2. The zero-order valence-electron chi connectivity index (χ0n) is 14.8. The van der Waals surface area contributed by atoms with Gasteiger partial charge in [-0.3, -0.25) is 9.59 Å². The Morgan fingerprint density at radius 2 is 1.69 bits per heavy atom. The number of hydrogen-bond acceptors (Lipinski definition) is 4. The number of anilines is 1. The van der Waals surface area contributed by atoms with Crippen LogP contribution in [-0.2, 0) is 0 Å². The minimum Gasteiger partial charge on any atom is -0.497 e. The predicted molar refractivity (Wildman–Crippen MR) is 99.3 cm³/mol. The summed E-state index contributed by atoms with van der Waals surface area (Å²) in [4.78, 5) is 23.8. The first kappa shape index (κ1) is 17.4. The van der Waals surface area contributed by atoms with E-state index in [0.29, 0.717) is 16.9 Å². The fourth-order valence-electron chi connectivity index (χ4n) is 2.55. The van der Waals surface area contributed by atoms with Crippen LogP contribution >= 0.6 is 0 Å². The highest BCUT2D eigenvalue weighted by molar-refractivity contribution is 6.03. The molecule has 1 amide bonds. The molecule has 0 spiro atoms. The summed E-state index contributed by atoms with van der Waals surface area (Å²) in [7, 11) is 1.61. The molecule has 0 radical (unpaired) electrons. The van der Waals surface area contributed by atoms with E-state index < -0.39 is 0 Å². The van der Waals surface area contributed by atoms with Crippen LogP contribution in [0.3, 0.4) is 0 Å². The number of nitrogens with one attached hydrogen (secondary N) is 1. The topological polar surface area (TPSA) is 73.2 Å². The molecule has 0 atom stereocenters. The van der Waals surface area contributed by atoms with Gasteiger partial charge in [-0.25, -0.2) is 4.68 Å². The SMILES string of the molecule is COc1ccc(-n2nc(C(=O)Nc3ccc(C(C)=O)cc3)cc2C)cc1. The molecule has 0 aliphatic carbocycles. The number of nitrogens with zero attached hydrogens (tertiary/aromatic N) is 2. The van der Waals surface area contributed by atoms with Crippen LogP contribution in [0.25, 0.3) is 5.69 Å². The molecule has 1 N–H and O–H groups in total. The van der Waals surface area contributed by atoms with Gasteiger partial charge < -0.3 is 10.1 Å². The van der Waals surface area contributed by atoms with Crippen molar-refractivity contribution in [1.82, 2.24) is 9.78 Å². The summed E-state index contributed by atoms with van der Waals surface area (Å²) >= 11 is 0. The molecule has 0 bridgehead atoms. The average molecular weight is 349 g/mol. The lowest BCUT2D eigenvalue weighted by Crippen LogP contribution is -2.13. The van der Waals surface area contributed by atoms with E-state index in [0.717, 1.165) is 17.1 Å². The number of aryl methyl sites for hydroxylation is 1. The summed E-state index contributed by atoms with van der Waals surface area (Å²) < 4.78 is 6.85. The van der Waals surface area contributed by atoms with Crippen LogP contribution in [0.15, 0.2) is 54.6 Å². The number of rotatable bonds is 5. The first-order valence-electron chi connectivity index (χ1n) is 8.11. The summed E-state index contributed by atoms with van der Waals surface area (Å²) in [6.07, 6.45) is 0. The van der Waals surface area contributed by atoms with Gasteiger partial charge in [0.05, 0.1) is 12.8 Å². The normalized spacial score (nSPS) is 10.4. The molecule has 0 aliphatic heterocycles. The Morgan fingerprint density at radius 3 is 2.27 bits per heavy atom. The summed E-state index contributed by atoms with van der Waals surface area (Å²) in [5.41, 5.74) is 3.20. The second kappa shape index (κ2) is 7.23. The molecule has 3 aromatic rings. The quantitative estimate of drug-likeness (QED) is 0.714. The average Bonchev–Trinajstić information content (AvgIpc) is 3.04. The van der Waals surface area contributed by atoms with E-state index in [4.69, 9.17) is 4.74 Å². The van der Waals surface area contributed by atoms with Gasteiger partial charge in [0.1, 0.15) is 5.75 Å². The molecule has 0 unspecified atom stereocenters. The summed E-state index contributed by atoms with van der Waals surface area (Å²) in [5.74, 6) is 0.429. The Kier molecular flexibility index (Phi) is 4.84. The van der Waals surface area contributed by atoms with Gasteiger partial charge in [-0.15, -0.1) is 0 Å². The fourth-order valence-corrected chi connectivity index (χ4v) is 2.55. The molecule has 0 saturated heterocycles. The number of benzene rings is 2. The molecule has 0 fully saturated rings. The number of Topliss-reactive ketones (excluding diaryl/α,β-unsaturated/α-hetero) is 1. The third-order valence-electron chi connectivity index (χ3n) is 3.99. The minimum absolute atomic E-state index is 0.0169. The zero-order valence-corrected chi connectivity index (χ0v) is 14.8. The molecule has 1 heterocycles. The lowest BCUT2D eigenvalue weighted by Gasteiger charge is -2.06. The van der Waals surface area contributed by atoms with E-state index in [2.05, 4.69) is 10.4 Å². The van der Waals surface area contributed by atoms with Crippen LogP contribution in [0.2, 0.25) is 0 Å². The maximum atomic E-state index is 12.5. The first-order valence-corrected chi connectivity index (χ1v) is 8.11. The Labute approximate surface area is 151 Å². The van der Waals surface area contributed by atoms with Crippen LogP contribution in [0.5, 0.6) is 5.75 Å². The highest BCUT2D eigenvalue weighted by atomic mass is 16.5. The smallest absolute Gasteiger partial charge is 0.276 e.